The fraction of sp³-hybridized carbons (Fsp3) is 0.333. The van der Waals surface area contributed by atoms with E-state index in [1.54, 1.807) is 0 Å². The highest BCUT2D eigenvalue weighted by Crippen LogP contribution is 2.34. The Balaban J connectivity index is 2.41. The van der Waals surface area contributed by atoms with Gasteiger partial charge in [0.2, 0.25) is 0 Å². The number of thiophene rings is 1. The molecular weight excluding hydrogens is 247 g/mol. The zero-order valence-electron chi connectivity index (χ0n) is 9.21. The molecule has 1 unspecified atom stereocenters. The highest BCUT2D eigenvalue weighted by Gasteiger charge is 2.30. The number of fused-ring (bicyclic) bond motifs is 1. The van der Waals surface area contributed by atoms with Crippen LogP contribution < -0.4 is 5.73 Å². The molecule has 2 rings (SSSR count). The van der Waals surface area contributed by atoms with Crippen LogP contribution in [0.1, 0.15) is 17.4 Å². The minimum atomic E-state index is -4.28. The van der Waals surface area contributed by atoms with Gasteiger partial charge in [-0.15, -0.1) is 11.3 Å². The van der Waals surface area contributed by atoms with Crippen molar-refractivity contribution < 1.29 is 13.2 Å². The number of halogens is 3. The predicted octanol–water partition coefficient (Wildman–Crippen LogP) is 3.81. The number of hydrogen-bond acceptors (Lipinski definition) is 2. The first-order valence-electron chi connectivity index (χ1n) is 5.21. The lowest BCUT2D eigenvalue weighted by Crippen LogP contribution is -2.16. The number of rotatable bonds is 2. The van der Waals surface area contributed by atoms with Crippen LogP contribution in [0.2, 0.25) is 0 Å². The van der Waals surface area contributed by atoms with Crippen LogP contribution in [0, 0.1) is 0 Å². The molecule has 0 spiro atoms. The largest absolute Gasteiger partial charge is 0.416 e. The van der Waals surface area contributed by atoms with Crippen LogP contribution in [0.5, 0.6) is 0 Å². The molecular formula is C12H12F3NS. The van der Waals surface area contributed by atoms with Crippen molar-refractivity contribution in [1.82, 2.24) is 0 Å². The molecule has 0 saturated heterocycles. The van der Waals surface area contributed by atoms with Crippen LogP contribution in [-0.4, -0.2) is 6.04 Å². The first kappa shape index (κ1) is 12.4. The summed E-state index contributed by atoms with van der Waals surface area (Å²) in [4.78, 5) is 1.02. The quantitative estimate of drug-likeness (QED) is 0.872. The Hall–Kier alpha value is -1.07. The summed E-state index contributed by atoms with van der Waals surface area (Å²) >= 11 is 1.38. The first-order valence-corrected chi connectivity index (χ1v) is 6.03. The van der Waals surface area contributed by atoms with E-state index in [-0.39, 0.29) is 6.04 Å². The Bertz CT molecular complexity index is 528. The molecule has 0 radical (unpaired) electrons. The second kappa shape index (κ2) is 4.31. The third kappa shape index (κ3) is 2.79. The average Bonchev–Trinajstić information content (AvgIpc) is 2.55. The van der Waals surface area contributed by atoms with E-state index < -0.39 is 11.7 Å². The molecule has 0 aliphatic rings. The summed E-state index contributed by atoms with van der Waals surface area (Å²) in [5, 5.41) is 0.846. The second-order valence-corrected chi connectivity index (χ2v) is 5.31. The molecule has 1 aromatic heterocycles. The Morgan fingerprint density at radius 1 is 1.29 bits per heavy atom. The summed E-state index contributed by atoms with van der Waals surface area (Å²) in [6.45, 7) is 1.88. The summed E-state index contributed by atoms with van der Waals surface area (Å²) in [6, 6.07) is 5.75. The van der Waals surface area contributed by atoms with E-state index in [4.69, 9.17) is 5.73 Å². The van der Waals surface area contributed by atoms with Gasteiger partial charge in [-0.25, -0.2) is 0 Å². The Labute approximate surface area is 101 Å². The molecule has 0 saturated carbocycles. The van der Waals surface area contributed by atoms with Crippen molar-refractivity contribution in [3.8, 4) is 0 Å². The van der Waals surface area contributed by atoms with Crippen molar-refractivity contribution in [2.75, 3.05) is 0 Å². The van der Waals surface area contributed by atoms with E-state index >= 15 is 0 Å². The maximum atomic E-state index is 12.5. The van der Waals surface area contributed by atoms with Gasteiger partial charge in [0.05, 0.1) is 5.56 Å². The molecule has 2 N–H and O–H groups in total. The second-order valence-electron chi connectivity index (χ2n) is 4.14. The van der Waals surface area contributed by atoms with Crippen LogP contribution >= 0.6 is 11.3 Å². The topological polar surface area (TPSA) is 26.0 Å². The van der Waals surface area contributed by atoms with Crippen molar-refractivity contribution in [1.29, 1.82) is 0 Å². The van der Waals surface area contributed by atoms with E-state index in [9.17, 15) is 13.2 Å². The van der Waals surface area contributed by atoms with E-state index in [0.29, 0.717) is 11.1 Å². The Kier molecular flexibility index (Phi) is 3.14. The number of benzene rings is 1. The molecule has 92 valence electrons. The summed E-state index contributed by atoms with van der Waals surface area (Å²) in [7, 11) is 0. The molecule has 1 heterocycles. The van der Waals surface area contributed by atoms with Gasteiger partial charge in [-0.2, -0.15) is 13.2 Å². The normalized spacial score (nSPS) is 14.2. The van der Waals surface area contributed by atoms with Gasteiger partial charge < -0.3 is 5.73 Å². The van der Waals surface area contributed by atoms with Crippen molar-refractivity contribution in [3.05, 3.63) is 34.7 Å². The average molecular weight is 259 g/mol. The van der Waals surface area contributed by atoms with Gasteiger partial charge in [0.1, 0.15) is 0 Å². The summed E-state index contributed by atoms with van der Waals surface area (Å²) in [6.07, 6.45) is -3.58. The molecule has 0 aliphatic heterocycles. The monoisotopic (exact) mass is 259 g/mol. The zero-order valence-corrected chi connectivity index (χ0v) is 10.0. The summed E-state index contributed by atoms with van der Waals surface area (Å²) < 4.78 is 38.2. The van der Waals surface area contributed by atoms with Crippen molar-refractivity contribution in [2.45, 2.75) is 25.6 Å². The lowest BCUT2D eigenvalue weighted by molar-refractivity contribution is -0.137. The third-order valence-electron chi connectivity index (χ3n) is 2.42. The first-order chi connectivity index (χ1) is 7.86. The van der Waals surface area contributed by atoms with E-state index in [1.165, 1.54) is 23.5 Å². The highest BCUT2D eigenvalue weighted by molar-refractivity contribution is 7.19. The molecule has 1 atom stereocenters. The molecule has 0 aliphatic carbocycles. The molecule has 1 aromatic carbocycles. The number of nitrogens with two attached hydrogens (primary N) is 1. The molecule has 5 heteroatoms. The Morgan fingerprint density at radius 2 is 2.00 bits per heavy atom. The maximum absolute atomic E-state index is 12.5. The fourth-order valence-corrected chi connectivity index (χ4v) is 2.93. The number of hydrogen-bond donors (Lipinski definition) is 1. The van der Waals surface area contributed by atoms with Crippen LogP contribution in [0.25, 0.3) is 10.1 Å². The van der Waals surface area contributed by atoms with Crippen molar-refractivity contribution in [2.24, 2.45) is 5.73 Å². The van der Waals surface area contributed by atoms with Crippen LogP contribution in [0.4, 0.5) is 13.2 Å². The molecule has 17 heavy (non-hydrogen) atoms. The zero-order chi connectivity index (χ0) is 12.6. The van der Waals surface area contributed by atoms with Gasteiger partial charge in [-0.1, -0.05) is 6.07 Å². The van der Waals surface area contributed by atoms with Gasteiger partial charge in [0.25, 0.3) is 0 Å². The van der Waals surface area contributed by atoms with Crippen LogP contribution in [0.15, 0.2) is 24.3 Å². The molecule has 0 fully saturated rings. The van der Waals surface area contributed by atoms with Crippen LogP contribution in [0.3, 0.4) is 0 Å². The number of alkyl halides is 3. The standard InChI is InChI=1S/C12H12F3NS/c1-7(16)4-10-5-8-2-3-9(12(13,14)15)6-11(8)17-10/h2-3,5-7H,4,16H2,1H3. The molecule has 0 bridgehead atoms. The highest BCUT2D eigenvalue weighted by atomic mass is 32.1. The minimum absolute atomic E-state index is 0.0187. The van der Waals surface area contributed by atoms with Crippen LogP contribution in [-0.2, 0) is 12.6 Å². The smallest absolute Gasteiger partial charge is 0.328 e. The lowest BCUT2D eigenvalue weighted by Gasteiger charge is -2.05. The lowest BCUT2D eigenvalue weighted by atomic mass is 10.1. The van der Waals surface area contributed by atoms with E-state index in [1.807, 2.05) is 13.0 Å². The SMILES string of the molecule is CC(N)Cc1cc2ccc(C(F)(F)F)cc2s1. The molecule has 1 nitrogen and oxygen atoms in total. The van der Waals surface area contributed by atoms with Gasteiger partial charge in [0, 0.05) is 15.6 Å². The molecule has 0 amide bonds. The van der Waals surface area contributed by atoms with Crippen molar-refractivity contribution >= 4 is 21.4 Å². The summed E-state index contributed by atoms with van der Waals surface area (Å²) in [5.41, 5.74) is 5.07. The minimum Gasteiger partial charge on any atom is -0.328 e. The maximum Gasteiger partial charge on any atom is 0.416 e. The van der Waals surface area contributed by atoms with Crippen molar-refractivity contribution in [3.63, 3.8) is 0 Å². The van der Waals surface area contributed by atoms with Gasteiger partial charge in [-0.05, 0) is 36.9 Å². The van der Waals surface area contributed by atoms with E-state index in [2.05, 4.69) is 0 Å². The van der Waals surface area contributed by atoms with Gasteiger partial charge in [-0.3, -0.25) is 0 Å². The van der Waals surface area contributed by atoms with Gasteiger partial charge in [0.15, 0.2) is 0 Å². The third-order valence-corrected chi connectivity index (χ3v) is 3.54. The summed E-state index contributed by atoms with van der Waals surface area (Å²) in [5.74, 6) is 0. The predicted molar refractivity (Wildman–Crippen MR) is 64.2 cm³/mol. The Morgan fingerprint density at radius 3 is 2.59 bits per heavy atom. The fourth-order valence-electron chi connectivity index (χ4n) is 1.68. The van der Waals surface area contributed by atoms with Gasteiger partial charge >= 0.3 is 6.18 Å². The molecule has 2 aromatic rings. The van der Waals surface area contributed by atoms with E-state index in [0.717, 1.165) is 16.3 Å².